The van der Waals surface area contributed by atoms with Crippen LogP contribution in [0, 0.1) is 0 Å². The van der Waals surface area contributed by atoms with Gasteiger partial charge in [-0.25, -0.2) is 0 Å². The van der Waals surface area contributed by atoms with Crippen molar-refractivity contribution in [3.63, 3.8) is 0 Å². The fourth-order valence-corrected chi connectivity index (χ4v) is 3.45. The fraction of sp³-hybridized carbons (Fsp3) is 0.211. The number of carbonyl (C=O) groups excluding carboxylic acids is 3. The highest BCUT2D eigenvalue weighted by atomic mass is 35.5. The largest absolute Gasteiger partial charge is 0.545 e. The van der Waals surface area contributed by atoms with Gasteiger partial charge in [0.2, 0.25) is 0 Å². The van der Waals surface area contributed by atoms with Crippen LogP contribution in [-0.4, -0.2) is 53.8 Å². The summed E-state index contributed by atoms with van der Waals surface area (Å²) in [6, 6.07) is 10.6. The second-order valence-electron chi connectivity index (χ2n) is 6.04. The van der Waals surface area contributed by atoms with E-state index in [4.69, 9.17) is 23.2 Å². The summed E-state index contributed by atoms with van der Waals surface area (Å²) in [5.74, 6) is -2.03. The summed E-state index contributed by atoms with van der Waals surface area (Å²) in [7, 11) is 0. The topological polar surface area (TPSA) is 80.8 Å². The van der Waals surface area contributed by atoms with Gasteiger partial charge in [0, 0.05) is 42.3 Å². The maximum atomic E-state index is 12.7. The van der Waals surface area contributed by atoms with Crippen LogP contribution in [0.15, 0.2) is 42.5 Å². The zero-order valence-electron chi connectivity index (χ0n) is 14.2. The van der Waals surface area contributed by atoms with E-state index in [0.717, 1.165) is 0 Å². The highest BCUT2D eigenvalue weighted by Crippen LogP contribution is 2.23. The Labute approximate surface area is 165 Å². The highest BCUT2D eigenvalue weighted by Gasteiger charge is 2.27. The van der Waals surface area contributed by atoms with E-state index in [9.17, 15) is 19.5 Å². The van der Waals surface area contributed by atoms with Crippen molar-refractivity contribution in [3.8, 4) is 0 Å². The monoisotopic (exact) mass is 405 g/mol. The van der Waals surface area contributed by atoms with Gasteiger partial charge < -0.3 is 19.7 Å². The number of halogens is 2. The van der Waals surface area contributed by atoms with Crippen molar-refractivity contribution in [2.45, 2.75) is 0 Å². The second-order valence-corrected chi connectivity index (χ2v) is 6.89. The summed E-state index contributed by atoms with van der Waals surface area (Å²) in [5, 5.41) is 11.9. The molecule has 0 bridgehead atoms. The summed E-state index contributed by atoms with van der Waals surface area (Å²) >= 11 is 11.9. The fourth-order valence-electron chi connectivity index (χ4n) is 2.96. The van der Waals surface area contributed by atoms with Crippen molar-refractivity contribution in [2.24, 2.45) is 0 Å². The van der Waals surface area contributed by atoms with Crippen molar-refractivity contribution in [1.82, 2.24) is 9.80 Å². The number of hydrogen-bond donors (Lipinski definition) is 0. The number of carboxylic acids is 1. The minimum atomic E-state index is -1.40. The predicted octanol–water partition coefficient (Wildman–Crippen LogP) is 1.96. The second kappa shape index (κ2) is 7.98. The molecule has 0 radical (unpaired) electrons. The number of aromatic carboxylic acids is 1. The molecule has 140 valence electrons. The van der Waals surface area contributed by atoms with E-state index in [0.29, 0.717) is 23.7 Å². The quantitative estimate of drug-likeness (QED) is 0.781. The molecule has 1 aliphatic rings. The molecule has 1 heterocycles. The zero-order valence-corrected chi connectivity index (χ0v) is 15.7. The number of amides is 2. The molecule has 0 unspecified atom stereocenters. The molecule has 2 aromatic rings. The number of nitrogens with zero attached hydrogens (tertiary/aromatic N) is 2. The molecule has 8 heteroatoms. The molecule has 2 aromatic carbocycles. The first-order valence-electron chi connectivity index (χ1n) is 8.22. The van der Waals surface area contributed by atoms with Crippen LogP contribution in [0.25, 0.3) is 0 Å². The van der Waals surface area contributed by atoms with Crippen molar-refractivity contribution in [2.75, 3.05) is 26.2 Å². The predicted molar refractivity (Wildman–Crippen MR) is 99.0 cm³/mol. The Bertz CT molecular complexity index is 908. The molecule has 0 atom stereocenters. The average Bonchev–Trinajstić information content (AvgIpc) is 2.67. The molecular weight excluding hydrogens is 391 g/mol. The summed E-state index contributed by atoms with van der Waals surface area (Å²) in [5.41, 5.74) is 0.287. The van der Waals surface area contributed by atoms with E-state index in [2.05, 4.69) is 0 Å². The molecule has 3 rings (SSSR count). The molecule has 1 aliphatic heterocycles. The smallest absolute Gasteiger partial charge is 0.255 e. The maximum absolute atomic E-state index is 12.7. The standard InChI is InChI=1S/C19H16Cl2N2O4/c20-12-5-6-15(16(21)11-12)18(25)23-9-7-22(8-10-23)17(24)13-3-1-2-4-14(13)19(26)27/h1-6,11H,7-10H2,(H,26,27)/p-1. The first-order valence-corrected chi connectivity index (χ1v) is 8.98. The van der Waals surface area contributed by atoms with Gasteiger partial charge in [0.15, 0.2) is 0 Å². The first-order chi connectivity index (χ1) is 12.9. The van der Waals surface area contributed by atoms with Crippen LogP contribution in [0.4, 0.5) is 0 Å². The van der Waals surface area contributed by atoms with E-state index in [-0.39, 0.29) is 35.1 Å². The molecule has 0 aliphatic carbocycles. The first kappa shape index (κ1) is 19.2. The van der Waals surface area contributed by atoms with Crippen LogP contribution in [-0.2, 0) is 0 Å². The normalized spacial score (nSPS) is 14.1. The van der Waals surface area contributed by atoms with Crippen molar-refractivity contribution in [1.29, 1.82) is 0 Å². The van der Waals surface area contributed by atoms with Gasteiger partial charge >= 0.3 is 0 Å². The third-order valence-electron chi connectivity index (χ3n) is 4.39. The van der Waals surface area contributed by atoms with Gasteiger partial charge in [-0.15, -0.1) is 0 Å². The van der Waals surface area contributed by atoms with E-state index in [1.165, 1.54) is 29.2 Å². The van der Waals surface area contributed by atoms with Gasteiger partial charge in [-0.2, -0.15) is 0 Å². The number of carbonyl (C=O) groups is 3. The van der Waals surface area contributed by atoms with Crippen LogP contribution in [0.2, 0.25) is 10.0 Å². The Morgan fingerprint density at radius 3 is 1.81 bits per heavy atom. The molecule has 27 heavy (non-hydrogen) atoms. The SMILES string of the molecule is O=C([O-])c1ccccc1C(=O)N1CCN(C(=O)c2ccc(Cl)cc2Cl)CC1. The van der Waals surface area contributed by atoms with Gasteiger partial charge in [0.25, 0.3) is 11.8 Å². The highest BCUT2D eigenvalue weighted by molar-refractivity contribution is 6.36. The summed E-state index contributed by atoms with van der Waals surface area (Å²) in [6.45, 7) is 1.21. The van der Waals surface area contributed by atoms with Crippen LogP contribution < -0.4 is 5.11 Å². The van der Waals surface area contributed by atoms with Crippen LogP contribution in [0.1, 0.15) is 31.1 Å². The molecule has 0 spiro atoms. The van der Waals surface area contributed by atoms with E-state index >= 15 is 0 Å². The van der Waals surface area contributed by atoms with Crippen molar-refractivity contribution in [3.05, 3.63) is 69.2 Å². The zero-order chi connectivity index (χ0) is 19.6. The molecular formula is C19H15Cl2N2O4-. The molecule has 0 aromatic heterocycles. The number of rotatable bonds is 3. The van der Waals surface area contributed by atoms with Gasteiger partial charge in [-0.3, -0.25) is 9.59 Å². The Hall–Kier alpha value is -2.57. The summed E-state index contributed by atoms with van der Waals surface area (Å²) in [4.78, 5) is 39.6. The minimum Gasteiger partial charge on any atom is -0.545 e. The lowest BCUT2D eigenvalue weighted by atomic mass is 10.1. The molecule has 1 fully saturated rings. The number of benzene rings is 2. The summed E-state index contributed by atoms with van der Waals surface area (Å²) in [6.07, 6.45) is 0. The van der Waals surface area contributed by atoms with E-state index in [1.807, 2.05) is 0 Å². The Kier molecular flexibility index (Phi) is 5.68. The minimum absolute atomic E-state index is 0.0815. The van der Waals surface area contributed by atoms with Gasteiger partial charge in [0.05, 0.1) is 16.6 Å². The van der Waals surface area contributed by atoms with Crippen molar-refractivity contribution < 1.29 is 19.5 Å². The Morgan fingerprint density at radius 1 is 0.778 bits per heavy atom. The third-order valence-corrected chi connectivity index (χ3v) is 4.94. The lowest BCUT2D eigenvalue weighted by molar-refractivity contribution is -0.255. The van der Waals surface area contributed by atoms with Crippen LogP contribution in [0.5, 0.6) is 0 Å². The lowest BCUT2D eigenvalue weighted by Gasteiger charge is -2.35. The third kappa shape index (κ3) is 4.07. The summed E-state index contributed by atoms with van der Waals surface area (Å²) < 4.78 is 0. The average molecular weight is 406 g/mol. The maximum Gasteiger partial charge on any atom is 0.255 e. The molecule has 0 saturated carbocycles. The van der Waals surface area contributed by atoms with Gasteiger partial charge in [0.1, 0.15) is 0 Å². The Balaban J connectivity index is 1.69. The number of hydrogen-bond acceptors (Lipinski definition) is 4. The molecule has 2 amide bonds. The number of piperazine rings is 1. The molecule has 0 N–H and O–H groups in total. The van der Waals surface area contributed by atoms with Gasteiger partial charge in [-0.05, 0) is 24.3 Å². The van der Waals surface area contributed by atoms with Crippen LogP contribution >= 0.6 is 23.2 Å². The van der Waals surface area contributed by atoms with E-state index in [1.54, 1.807) is 23.1 Å². The van der Waals surface area contributed by atoms with Crippen LogP contribution in [0.3, 0.4) is 0 Å². The Morgan fingerprint density at radius 2 is 1.30 bits per heavy atom. The lowest BCUT2D eigenvalue weighted by Crippen LogP contribution is -2.51. The van der Waals surface area contributed by atoms with Gasteiger partial charge in [-0.1, -0.05) is 41.4 Å². The number of carboxylic acid groups (broad SMARTS) is 1. The van der Waals surface area contributed by atoms with E-state index < -0.39 is 11.9 Å². The molecule has 6 nitrogen and oxygen atoms in total. The van der Waals surface area contributed by atoms with Crippen molar-refractivity contribution >= 4 is 41.0 Å². The molecule has 1 saturated heterocycles.